The van der Waals surface area contributed by atoms with Crippen molar-refractivity contribution in [1.82, 2.24) is 0 Å². The summed E-state index contributed by atoms with van der Waals surface area (Å²) in [4.78, 5) is 22.1. The minimum atomic E-state index is -0.919. The molecule has 0 radical (unpaired) electrons. The number of hydrogen-bond acceptors (Lipinski definition) is 4. The highest BCUT2D eigenvalue weighted by Crippen LogP contribution is 2.19. The predicted octanol–water partition coefficient (Wildman–Crippen LogP) is 2.36. The Morgan fingerprint density at radius 3 is 2.32 bits per heavy atom. The molecule has 0 aliphatic carbocycles. The minimum Gasteiger partial charge on any atom is -0.481 e. The molecular weight excluding hydrogens is 248 g/mol. The summed E-state index contributed by atoms with van der Waals surface area (Å²) in [7, 11) is 0. The molecule has 0 aromatic heterocycles. The number of unbranched alkanes of at least 4 members (excludes halogenated alkanes) is 1. The number of esters is 1. The lowest BCUT2D eigenvalue weighted by atomic mass is 9.93. The Bertz CT molecular complexity index is 265. The van der Waals surface area contributed by atoms with Gasteiger partial charge in [-0.1, -0.05) is 19.8 Å². The van der Waals surface area contributed by atoms with Gasteiger partial charge in [0.2, 0.25) is 0 Å². The molecule has 0 aliphatic rings. The number of carbonyl (C=O) groups excluding carboxylic acids is 1. The highest BCUT2D eigenvalue weighted by Gasteiger charge is 2.19. The first-order valence-electron chi connectivity index (χ1n) is 7.05. The van der Waals surface area contributed by atoms with E-state index in [1.807, 2.05) is 0 Å². The molecule has 19 heavy (non-hydrogen) atoms. The van der Waals surface area contributed by atoms with Gasteiger partial charge in [0.1, 0.15) is 0 Å². The second-order valence-corrected chi connectivity index (χ2v) is 4.85. The molecule has 0 aliphatic heterocycles. The van der Waals surface area contributed by atoms with Gasteiger partial charge in [-0.2, -0.15) is 0 Å². The SMILES string of the molecule is CCCCC(O)CCC(CC(=O)O)CC(=O)OCC. The van der Waals surface area contributed by atoms with Crippen LogP contribution in [0.4, 0.5) is 0 Å². The van der Waals surface area contributed by atoms with Crippen LogP contribution in [-0.2, 0) is 14.3 Å². The van der Waals surface area contributed by atoms with Crippen LogP contribution < -0.4 is 0 Å². The molecule has 2 N–H and O–H groups in total. The van der Waals surface area contributed by atoms with E-state index in [9.17, 15) is 14.7 Å². The van der Waals surface area contributed by atoms with Crippen molar-refractivity contribution < 1.29 is 24.5 Å². The molecule has 0 saturated heterocycles. The molecule has 5 heteroatoms. The van der Waals surface area contributed by atoms with Gasteiger partial charge in [-0.15, -0.1) is 0 Å². The third kappa shape index (κ3) is 10.5. The Hall–Kier alpha value is -1.10. The van der Waals surface area contributed by atoms with E-state index in [0.29, 0.717) is 19.4 Å². The zero-order chi connectivity index (χ0) is 14.7. The quantitative estimate of drug-likeness (QED) is 0.565. The van der Waals surface area contributed by atoms with Gasteiger partial charge in [0.15, 0.2) is 0 Å². The minimum absolute atomic E-state index is 0.0562. The summed E-state index contributed by atoms with van der Waals surface area (Å²) in [6, 6.07) is 0. The van der Waals surface area contributed by atoms with E-state index in [0.717, 1.165) is 19.3 Å². The van der Waals surface area contributed by atoms with E-state index in [2.05, 4.69) is 6.92 Å². The van der Waals surface area contributed by atoms with Gasteiger partial charge in [0.25, 0.3) is 0 Å². The van der Waals surface area contributed by atoms with Gasteiger partial charge in [0.05, 0.1) is 12.7 Å². The van der Waals surface area contributed by atoms with Crippen LogP contribution in [0.3, 0.4) is 0 Å². The molecule has 5 nitrogen and oxygen atoms in total. The van der Waals surface area contributed by atoms with Crippen molar-refractivity contribution in [2.75, 3.05) is 6.61 Å². The van der Waals surface area contributed by atoms with Crippen LogP contribution >= 0.6 is 0 Å². The normalized spacial score (nSPS) is 13.8. The molecule has 112 valence electrons. The smallest absolute Gasteiger partial charge is 0.306 e. The van der Waals surface area contributed by atoms with Gasteiger partial charge in [-0.3, -0.25) is 9.59 Å². The summed E-state index contributed by atoms with van der Waals surface area (Å²) in [6.07, 6.45) is 3.45. The molecule has 0 spiro atoms. The molecule has 0 saturated carbocycles. The van der Waals surface area contributed by atoms with E-state index in [1.165, 1.54) is 0 Å². The second kappa shape index (κ2) is 10.8. The van der Waals surface area contributed by atoms with Gasteiger partial charge in [0, 0.05) is 12.8 Å². The Kier molecular flexibility index (Phi) is 10.2. The van der Waals surface area contributed by atoms with Crippen LogP contribution in [0.5, 0.6) is 0 Å². The fourth-order valence-electron chi connectivity index (χ4n) is 1.99. The monoisotopic (exact) mass is 274 g/mol. The summed E-state index contributed by atoms with van der Waals surface area (Å²) in [6.45, 7) is 4.08. The van der Waals surface area contributed by atoms with Crippen LogP contribution in [0, 0.1) is 5.92 Å². The van der Waals surface area contributed by atoms with Gasteiger partial charge < -0.3 is 14.9 Å². The number of carbonyl (C=O) groups is 2. The maximum Gasteiger partial charge on any atom is 0.306 e. The summed E-state index contributed by atoms with van der Waals surface area (Å²) in [5, 5.41) is 18.6. The molecule has 2 atom stereocenters. The summed E-state index contributed by atoms with van der Waals surface area (Å²) >= 11 is 0. The van der Waals surface area contributed by atoms with Gasteiger partial charge in [-0.25, -0.2) is 0 Å². The fourth-order valence-corrected chi connectivity index (χ4v) is 1.99. The highest BCUT2D eigenvalue weighted by atomic mass is 16.5. The number of aliphatic hydroxyl groups is 1. The maximum absolute atomic E-state index is 11.4. The molecule has 0 aromatic carbocycles. The number of carboxylic acid groups (broad SMARTS) is 1. The average Bonchev–Trinajstić information content (AvgIpc) is 2.33. The predicted molar refractivity (Wildman–Crippen MR) is 71.8 cm³/mol. The van der Waals surface area contributed by atoms with Crippen LogP contribution in [0.2, 0.25) is 0 Å². The second-order valence-electron chi connectivity index (χ2n) is 4.85. The van der Waals surface area contributed by atoms with Crippen molar-refractivity contribution in [3.8, 4) is 0 Å². The van der Waals surface area contributed by atoms with Gasteiger partial charge >= 0.3 is 11.9 Å². The van der Waals surface area contributed by atoms with Gasteiger partial charge in [-0.05, 0) is 32.1 Å². The Morgan fingerprint density at radius 1 is 1.11 bits per heavy atom. The van der Waals surface area contributed by atoms with Crippen molar-refractivity contribution in [3.63, 3.8) is 0 Å². The summed E-state index contributed by atoms with van der Waals surface area (Å²) in [5.74, 6) is -1.54. The lowest BCUT2D eigenvalue weighted by Crippen LogP contribution is -2.17. The van der Waals surface area contributed by atoms with Crippen LogP contribution in [0.1, 0.15) is 58.8 Å². The maximum atomic E-state index is 11.4. The van der Waals surface area contributed by atoms with E-state index in [-0.39, 0.29) is 24.7 Å². The zero-order valence-corrected chi connectivity index (χ0v) is 11.9. The molecule has 0 bridgehead atoms. The van der Waals surface area contributed by atoms with Crippen molar-refractivity contribution in [2.45, 2.75) is 64.9 Å². The molecule has 0 rings (SSSR count). The van der Waals surface area contributed by atoms with Crippen LogP contribution in [0.15, 0.2) is 0 Å². The topological polar surface area (TPSA) is 83.8 Å². The van der Waals surface area contributed by atoms with E-state index < -0.39 is 12.1 Å². The lowest BCUT2D eigenvalue weighted by molar-refractivity contribution is -0.145. The Morgan fingerprint density at radius 2 is 1.79 bits per heavy atom. The third-order valence-corrected chi connectivity index (χ3v) is 3.02. The first-order valence-corrected chi connectivity index (χ1v) is 7.05. The first kappa shape index (κ1) is 17.9. The molecule has 0 amide bonds. The average molecular weight is 274 g/mol. The molecular formula is C14H26O5. The van der Waals surface area contributed by atoms with Crippen molar-refractivity contribution in [3.05, 3.63) is 0 Å². The van der Waals surface area contributed by atoms with Crippen molar-refractivity contribution in [2.24, 2.45) is 5.92 Å². The summed E-state index contributed by atoms with van der Waals surface area (Å²) in [5.41, 5.74) is 0. The van der Waals surface area contributed by atoms with E-state index in [4.69, 9.17) is 9.84 Å². The summed E-state index contributed by atoms with van der Waals surface area (Å²) < 4.78 is 4.83. The van der Waals surface area contributed by atoms with E-state index in [1.54, 1.807) is 6.92 Å². The van der Waals surface area contributed by atoms with E-state index >= 15 is 0 Å². The molecule has 0 aromatic rings. The fraction of sp³-hybridized carbons (Fsp3) is 0.857. The molecule has 0 fully saturated rings. The van der Waals surface area contributed by atoms with Crippen LogP contribution in [-0.4, -0.2) is 34.9 Å². The first-order chi connectivity index (χ1) is 8.99. The Balaban J connectivity index is 4.11. The number of rotatable bonds is 11. The number of aliphatic hydroxyl groups excluding tert-OH is 1. The number of hydrogen-bond donors (Lipinski definition) is 2. The lowest BCUT2D eigenvalue weighted by Gasteiger charge is -2.16. The standard InChI is InChI=1S/C14H26O5/c1-3-5-6-12(15)8-7-11(9-13(16)17)10-14(18)19-4-2/h11-12,15H,3-10H2,1-2H3,(H,16,17). The Labute approximate surface area is 115 Å². The number of aliphatic carboxylic acids is 1. The highest BCUT2D eigenvalue weighted by molar-refractivity contribution is 5.72. The van der Waals surface area contributed by atoms with Crippen molar-refractivity contribution in [1.29, 1.82) is 0 Å². The zero-order valence-electron chi connectivity index (χ0n) is 11.9. The molecule has 0 heterocycles. The molecule has 2 unspecified atom stereocenters. The number of carboxylic acids is 1. The number of ether oxygens (including phenoxy) is 1. The van der Waals surface area contributed by atoms with Crippen molar-refractivity contribution >= 4 is 11.9 Å². The van der Waals surface area contributed by atoms with Crippen LogP contribution in [0.25, 0.3) is 0 Å². The largest absolute Gasteiger partial charge is 0.481 e. The third-order valence-electron chi connectivity index (χ3n) is 3.02.